The van der Waals surface area contributed by atoms with Gasteiger partial charge in [-0.3, -0.25) is 4.98 Å². The van der Waals surface area contributed by atoms with Crippen LogP contribution in [0.1, 0.15) is 42.1 Å². The minimum absolute atomic E-state index is 0.207. The molecule has 0 amide bonds. The number of nitrogens with one attached hydrogen (secondary N) is 2. The summed E-state index contributed by atoms with van der Waals surface area (Å²) in [6.07, 6.45) is 6.26. The van der Waals surface area contributed by atoms with Gasteiger partial charge in [-0.25, -0.2) is 9.37 Å². The SMILES string of the molecule is CNc1cc(F)c(C)c2c1[nH]c1nc(Oc3cnc(C)cn3)nc(C3CC4C[C@@H]3C[C@H]4N)c12. The molecule has 170 valence electrons. The number of aryl methyl sites for hydroxylation is 2. The van der Waals surface area contributed by atoms with E-state index in [0.717, 1.165) is 46.9 Å². The molecule has 2 unspecified atom stereocenters. The van der Waals surface area contributed by atoms with Gasteiger partial charge < -0.3 is 20.8 Å². The third-order valence-electron chi connectivity index (χ3n) is 7.42. The van der Waals surface area contributed by atoms with Gasteiger partial charge in [0.25, 0.3) is 0 Å². The molecule has 1 aromatic carbocycles. The quantitative estimate of drug-likeness (QED) is 0.426. The predicted molar refractivity (Wildman–Crippen MR) is 124 cm³/mol. The standard InChI is InChI=1S/C24H26FN7O/c1-10-8-29-18(9-28-10)33-24-31-21(14-5-13-4-12(14)6-16(13)26)20-19-11(2)15(25)7-17(27-3)22(19)30-23(20)32-24/h7-9,12-14,16,27H,4-6,26H2,1-3H3,(H,30,31,32)/t12-,13?,14?,16-/m1/s1. The summed E-state index contributed by atoms with van der Waals surface area (Å²) in [5, 5.41) is 4.78. The van der Waals surface area contributed by atoms with E-state index in [1.54, 1.807) is 26.4 Å². The number of nitrogens with zero attached hydrogens (tertiary/aromatic N) is 4. The van der Waals surface area contributed by atoms with E-state index < -0.39 is 0 Å². The van der Waals surface area contributed by atoms with Crippen molar-refractivity contribution in [2.75, 3.05) is 12.4 Å². The molecule has 4 N–H and O–H groups in total. The maximum Gasteiger partial charge on any atom is 0.325 e. The molecule has 3 heterocycles. The Hall–Kier alpha value is -3.33. The molecule has 4 atom stereocenters. The van der Waals surface area contributed by atoms with Crippen molar-refractivity contribution in [3.63, 3.8) is 0 Å². The molecule has 8 nitrogen and oxygen atoms in total. The van der Waals surface area contributed by atoms with Crippen molar-refractivity contribution in [3.05, 3.63) is 41.2 Å². The molecule has 0 aliphatic heterocycles. The van der Waals surface area contributed by atoms with E-state index >= 15 is 0 Å². The molecule has 9 heteroatoms. The Morgan fingerprint density at radius 3 is 2.61 bits per heavy atom. The number of rotatable bonds is 4. The molecule has 3 aromatic heterocycles. The molecule has 2 aliphatic rings. The number of hydrogen-bond donors (Lipinski definition) is 3. The zero-order valence-corrected chi connectivity index (χ0v) is 18.8. The summed E-state index contributed by atoms with van der Waals surface area (Å²) in [6, 6.07) is 1.97. The number of ether oxygens (including phenoxy) is 1. The minimum Gasteiger partial charge on any atom is -0.403 e. The highest BCUT2D eigenvalue weighted by atomic mass is 19.1. The largest absolute Gasteiger partial charge is 0.403 e. The zero-order chi connectivity index (χ0) is 22.9. The van der Waals surface area contributed by atoms with Crippen LogP contribution < -0.4 is 15.8 Å². The minimum atomic E-state index is -0.260. The van der Waals surface area contributed by atoms with Gasteiger partial charge in [-0.1, -0.05) is 0 Å². The Kier molecular flexibility index (Phi) is 4.52. The van der Waals surface area contributed by atoms with Gasteiger partial charge in [-0.15, -0.1) is 0 Å². The molecule has 33 heavy (non-hydrogen) atoms. The number of fused-ring (bicyclic) bond motifs is 5. The van der Waals surface area contributed by atoms with Crippen molar-refractivity contribution in [1.82, 2.24) is 24.9 Å². The second-order valence-corrected chi connectivity index (χ2v) is 9.37. The summed E-state index contributed by atoms with van der Waals surface area (Å²) in [5.41, 5.74) is 10.7. The lowest BCUT2D eigenvalue weighted by molar-refractivity contribution is 0.366. The highest BCUT2D eigenvalue weighted by Gasteiger charge is 2.46. The molecule has 0 radical (unpaired) electrons. The topological polar surface area (TPSA) is 115 Å². The van der Waals surface area contributed by atoms with Crippen LogP contribution >= 0.6 is 0 Å². The third kappa shape index (κ3) is 3.13. The number of aromatic nitrogens is 5. The smallest absolute Gasteiger partial charge is 0.325 e. The van der Waals surface area contributed by atoms with Crippen LogP contribution in [0, 0.1) is 31.5 Å². The first-order valence-corrected chi connectivity index (χ1v) is 11.3. The van der Waals surface area contributed by atoms with Crippen molar-refractivity contribution in [3.8, 4) is 11.9 Å². The summed E-state index contributed by atoms with van der Waals surface area (Å²) in [6.45, 7) is 3.67. The van der Waals surface area contributed by atoms with E-state index in [4.69, 9.17) is 15.5 Å². The summed E-state index contributed by atoms with van der Waals surface area (Å²) in [7, 11) is 1.78. The van der Waals surface area contributed by atoms with E-state index in [0.29, 0.717) is 34.6 Å². The van der Waals surface area contributed by atoms with Crippen LogP contribution in [0.4, 0.5) is 10.1 Å². The van der Waals surface area contributed by atoms with Gasteiger partial charge in [0.1, 0.15) is 11.5 Å². The summed E-state index contributed by atoms with van der Waals surface area (Å²) < 4.78 is 20.8. The summed E-state index contributed by atoms with van der Waals surface area (Å²) in [5.74, 6) is 1.25. The van der Waals surface area contributed by atoms with Crippen molar-refractivity contribution >= 4 is 27.6 Å². The van der Waals surface area contributed by atoms with E-state index in [1.165, 1.54) is 6.07 Å². The highest BCUT2D eigenvalue weighted by molar-refractivity contribution is 6.13. The normalized spacial score (nSPS) is 24.2. The van der Waals surface area contributed by atoms with Gasteiger partial charge in [-0.2, -0.15) is 9.97 Å². The van der Waals surface area contributed by atoms with Crippen LogP contribution in [0.5, 0.6) is 11.9 Å². The van der Waals surface area contributed by atoms with Crippen LogP contribution in [0.25, 0.3) is 21.9 Å². The van der Waals surface area contributed by atoms with E-state index in [1.807, 2.05) is 6.92 Å². The lowest BCUT2D eigenvalue weighted by Gasteiger charge is -2.26. The molecule has 2 bridgehead atoms. The van der Waals surface area contributed by atoms with Crippen LogP contribution in [0.15, 0.2) is 18.5 Å². The predicted octanol–water partition coefficient (Wildman–Crippen LogP) is 4.33. The molecule has 6 rings (SSSR count). The first kappa shape index (κ1) is 20.3. The number of hydrogen-bond acceptors (Lipinski definition) is 7. The van der Waals surface area contributed by atoms with Gasteiger partial charge in [-0.05, 0) is 56.6 Å². The second kappa shape index (κ2) is 7.34. The molecule has 2 aliphatic carbocycles. The van der Waals surface area contributed by atoms with Crippen molar-refractivity contribution < 1.29 is 9.13 Å². The average Bonchev–Trinajstić information content (AvgIpc) is 3.49. The van der Waals surface area contributed by atoms with Gasteiger partial charge in [0.15, 0.2) is 0 Å². The Labute approximate surface area is 190 Å². The number of nitrogens with two attached hydrogens (primary N) is 1. The van der Waals surface area contributed by atoms with Crippen LogP contribution in [0.2, 0.25) is 0 Å². The van der Waals surface area contributed by atoms with Crippen molar-refractivity contribution in [2.24, 2.45) is 17.6 Å². The molecule has 0 saturated heterocycles. The Bertz CT molecular complexity index is 1380. The average molecular weight is 448 g/mol. The van der Waals surface area contributed by atoms with Gasteiger partial charge in [0, 0.05) is 29.8 Å². The summed E-state index contributed by atoms with van der Waals surface area (Å²) >= 11 is 0. The molecule has 0 spiro atoms. The zero-order valence-electron chi connectivity index (χ0n) is 18.8. The number of halogens is 1. The van der Waals surface area contributed by atoms with Crippen LogP contribution in [-0.4, -0.2) is 38.0 Å². The number of benzene rings is 1. The third-order valence-corrected chi connectivity index (χ3v) is 7.42. The lowest BCUT2D eigenvalue weighted by Crippen LogP contribution is -2.29. The monoisotopic (exact) mass is 447 g/mol. The maximum absolute atomic E-state index is 14.9. The Morgan fingerprint density at radius 2 is 1.94 bits per heavy atom. The number of aromatic amines is 1. The van der Waals surface area contributed by atoms with Crippen LogP contribution in [-0.2, 0) is 0 Å². The first-order valence-electron chi connectivity index (χ1n) is 11.3. The fraction of sp³-hybridized carbons (Fsp3) is 0.417. The maximum atomic E-state index is 14.9. The molecule has 2 fully saturated rings. The number of anilines is 1. The van der Waals surface area contributed by atoms with Gasteiger partial charge in [0.2, 0.25) is 5.88 Å². The fourth-order valence-electron chi connectivity index (χ4n) is 5.80. The van der Waals surface area contributed by atoms with Crippen molar-refractivity contribution in [2.45, 2.75) is 45.1 Å². The van der Waals surface area contributed by atoms with Gasteiger partial charge in [0.05, 0.1) is 35.0 Å². The van der Waals surface area contributed by atoms with E-state index in [9.17, 15) is 4.39 Å². The van der Waals surface area contributed by atoms with Gasteiger partial charge >= 0.3 is 6.01 Å². The molecule has 2 saturated carbocycles. The summed E-state index contributed by atoms with van der Waals surface area (Å²) in [4.78, 5) is 21.5. The first-order chi connectivity index (χ1) is 15.9. The second-order valence-electron chi connectivity index (χ2n) is 9.37. The van der Waals surface area contributed by atoms with Crippen molar-refractivity contribution in [1.29, 1.82) is 0 Å². The Morgan fingerprint density at radius 1 is 1.09 bits per heavy atom. The fourth-order valence-corrected chi connectivity index (χ4v) is 5.80. The number of H-pyrrole nitrogens is 1. The molecule has 4 aromatic rings. The van der Waals surface area contributed by atoms with E-state index in [2.05, 4.69) is 25.3 Å². The molecular weight excluding hydrogens is 421 g/mol. The Balaban J connectivity index is 1.58. The highest BCUT2D eigenvalue weighted by Crippen LogP contribution is 2.54. The molecular formula is C24H26FN7O. The van der Waals surface area contributed by atoms with Crippen LogP contribution in [0.3, 0.4) is 0 Å². The van der Waals surface area contributed by atoms with E-state index in [-0.39, 0.29) is 23.8 Å². The lowest BCUT2D eigenvalue weighted by atomic mass is 9.83.